The third-order valence-corrected chi connectivity index (χ3v) is 3.38. The van der Waals surface area contributed by atoms with Gasteiger partial charge in [0.1, 0.15) is 11.5 Å². The molecule has 1 atom stereocenters. The summed E-state index contributed by atoms with van der Waals surface area (Å²) in [6.45, 7) is 6.11. The van der Waals surface area contributed by atoms with Crippen molar-refractivity contribution in [3.8, 4) is 0 Å². The zero-order valence-corrected chi connectivity index (χ0v) is 11.6. The van der Waals surface area contributed by atoms with Crippen LogP contribution in [0.15, 0.2) is 10.6 Å². The quantitative estimate of drug-likeness (QED) is 0.897. The fourth-order valence-corrected chi connectivity index (χ4v) is 2.37. The van der Waals surface area contributed by atoms with E-state index in [0.717, 1.165) is 23.6 Å². The highest BCUT2D eigenvalue weighted by Crippen LogP contribution is 2.28. The van der Waals surface area contributed by atoms with Gasteiger partial charge >= 0.3 is 0 Å². The predicted octanol–water partition coefficient (Wildman–Crippen LogP) is 1.84. The molecule has 18 heavy (non-hydrogen) atoms. The normalized spacial score (nSPS) is 12.9. The number of hydrogen-bond acceptors (Lipinski definition) is 4. The smallest absolute Gasteiger partial charge is 0.106 e. The maximum atomic E-state index is 5.69. The van der Waals surface area contributed by atoms with Crippen LogP contribution in [0.3, 0.4) is 0 Å². The van der Waals surface area contributed by atoms with Gasteiger partial charge in [0.15, 0.2) is 0 Å². The first-order valence-corrected chi connectivity index (χ1v) is 6.12. The van der Waals surface area contributed by atoms with Crippen molar-refractivity contribution in [3.05, 3.63) is 34.5 Å². The van der Waals surface area contributed by atoms with E-state index in [4.69, 9.17) is 4.42 Å². The molecular formula is C13H20N4O. The molecule has 0 amide bonds. The van der Waals surface area contributed by atoms with Gasteiger partial charge in [-0.25, -0.2) is 0 Å². The fraction of sp³-hybridized carbons (Fsp3) is 0.538. The van der Waals surface area contributed by atoms with Gasteiger partial charge in [0.2, 0.25) is 0 Å². The Labute approximate surface area is 107 Å². The summed E-state index contributed by atoms with van der Waals surface area (Å²) < 4.78 is 7.41. The Kier molecular flexibility index (Phi) is 3.52. The van der Waals surface area contributed by atoms with Crippen molar-refractivity contribution in [2.45, 2.75) is 33.2 Å². The monoisotopic (exact) mass is 248 g/mol. The Morgan fingerprint density at radius 3 is 2.50 bits per heavy atom. The summed E-state index contributed by atoms with van der Waals surface area (Å²) in [6, 6.07) is 0.208. The van der Waals surface area contributed by atoms with Gasteiger partial charge < -0.3 is 9.73 Å². The molecule has 0 saturated heterocycles. The number of hydrogen-bond donors (Lipinski definition) is 1. The molecule has 0 fully saturated rings. The Balaban J connectivity index is 2.28. The standard InChI is InChI=1S/C13H20N4O/c1-8-9(2)18-10(3)13(8)12(14-4)6-11-7-17(5)16-15-11/h7,12,14H,6H2,1-5H3. The van der Waals surface area contributed by atoms with Crippen molar-refractivity contribution in [2.75, 3.05) is 7.05 Å². The van der Waals surface area contributed by atoms with Gasteiger partial charge in [-0.1, -0.05) is 5.21 Å². The number of rotatable bonds is 4. The van der Waals surface area contributed by atoms with Gasteiger partial charge in [0.25, 0.3) is 0 Å². The first-order chi connectivity index (χ1) is 8.52. The minimum atomic E-state index is 0.208. The van der Waals surface area contributed by atoms with Crippen molar-refractivity contribution in [1.82, 2.24) is 20.3 Å². The van der Waals surface area contributed by atoms with E-state index in [1.165, 1.54) is 11.1 Å². The van der Waals surface area contributed by atoms with E-state index in [-0.39, 0.29) is 6.04 Å². The molecule has 5 heteroatoms. The zero-order chi connectivity index (χ0) is 13.3. The van der Waals surface area contributed by atoms with Crippen LogP contribution in [0.4, 0.5) is 0 Å². The summed E-state index contributed by atoms with van der Waals surface area (Å²) in [5.41, 5.74) is 3.44. The predicted molar refractivity (Wildman–Crippen MR) is 69.4 cm³/mol. The molecule has 5 nitrogen and oxygen atoms in total. The second-order valence-corrected chi connectivity index (χ2v) is 4.68. The van der Waals surface area contributed by atoms with E-state index in [1.54, 1.807) is 4.68 Å². The van der Waals surface area contributed by atoms with Crippen LogP contribution in [0.25, 0.3) is 0 Å². The summed E-state index contributed by atoms with van der Waals surface area (Å²) >= 11 is 0. The number of nitrogens with zero attached hydrogens (tertiary/aromatic N) is 3. The highest BCUT2D eigenvalue weighted by Gasteiger charge is 2.21. The lowest BCUT2D eigenvalue weighted by Crippen LogP contribution is -2.20. The SMILES string of the molecule is CNC(Cc1cn(C)nn1)c1c(C)oc(C)c1C. The molecule has 0 aromatic carbocycles. The van der Waals surface area contributed by atoms with Crippen molar-refractivity contribution < 1.29 is 4.42 Å². The minimum Gasteiger partial charge on any atom is -0.466 e. The molecule has 0 aliphatic rings. The number of nitrogens with one attached hydrogen (secondary N) is 1. The zero-order valence-electron chi connectivity index (χ0n) is 11.6. The van der Waals surface area contributed by atoms with E-state index in [9.17, 15) is 0 Å². The molecule has 1 N–H and O–H groups in total. The van der Waals surface area contributed by atoms with Crippen LogP contribution < -0.4 is 5.32 Å². The lowest BCUT2D eigenvalue weighted by molar-refractivity contribution is 0.489. The van der Waals surface area contributed by atoms with E-state index in [0.29, 0.717) is 0 Å². The van der Waals surface area contributed by atoms with Crippen LogP contribution in [0.1, 0.15) is 34.4 Å². The molecule has 2 rings (SSSR count). The number of furan rings is 1. The van der Waals surface area contributed by atoms with E-state index >= 15 is 0 Å². The van der Waals surface area contributed by atoms with Crippen LogP contribution in [-0.4, -0.2) is 22.0 Å². The Bertz CT molecular complexity index is 541. The highest BCUT2D eigenvalue weighted by molar-refractivity contribution is 5.34. The number of aryl methyl sites for hydroxylation is 3. The van der Waals surface area contributed by atoms with Gasteiger partial charge in [-0.15, -0.1) is 5.10 Å². The third-order valence-electron chi connectivity index (χ3n) is 3.38. The van der Waals surface area contributed by atoms with Crippen molar-refractivity contribution >= 4 is 0 Å². The molecule has 0 radical (unpaired) electrons. The van der Waals surface area contributed by atoms with Crippen LogP contribution in [0, 0.1) is 20.8 Å². The molecule has 2 aromatic rings. The van der Waals surface area contributed by atoms with Gasteiger partial charge in [0, 0.05) is 31.3 Å². The molecular weight excluding hydrogens is 228 g/mol. The maximum absolute atomic E-state index is 5.69. The molecule has 0 saturated carbocycles. The van der Waals surface area contributed by atoms with E-state index in [1.807, 2.05) is 34.1 Å². The summed E-state index contributed by atoms with van der Waals surface area (Å²) in [5.74, 6) is 1.97. The van der Waals surface area contributed by atoms with Gasteiger partial charge in [-0.3, -0.25) is 4.68 Å². The molecule has 2 aromatic heterocycles. The summed E-state index contributed by atoms with van der Waals surface area (Å²) in [6.07, 6.45) is 2.76. The largest absolute Gasteiger partial charge is 0.466 e. The average Bonchev–Trinajstić information content (AvgIpc) is 2.82. The topological polar surface area (TPSA) is 55.9 Å². The lowest BCUT2D eigenvalue weighted by atomic mass is 9.98. The Morgan fingerprint density at radius 2 is 2.06 bits per heavy atom. The molecule has 0 aliphatic heterocycles. The summed E-state index contributed by atoms with van der Waals surface area (Å²) in [7, 11) is 3.84. The Hall–Kier alpha value is -1.62. The van der Waals surface area contributed by atoms with Crippen LogP contribution in [-0.2, 0) is 13.5 Å². The summed E-state index contributed by atoms with van der Waals surface area (Å²) in [5, 5.41) is 11.4. The average molecular weight is 248 g/mol. The molecule has 2 heterocycles. The Morgan fingerprint density at radius 1 is 1.33 bits per heavy atom. The first-order valence-electron chi connectivity index (χ1n) is 6.12. The number of aromatic nitrogens is 3. The molecule has 98 valence electrons. The minimum absolute atomic E-state index is 0.208. The van der Waals surface area contributed by atoms with Gasteiger partial charge in [-0.2, -0.15) is 0 Å². The second-order valence-electron chi connectivity index (χ2n) is 4.68. The highest BCUT2D eigenvalue weighted by atomic mass is 16.3. The van der Waals surface area contributed by atoms with E-state index < -0.39 is 0 Å². The van der Waals surface area contributed by atoms with Crippen molar-refractivity contribution in [3.63, 3.8) is 0 Å². The lowest BCUT2D eigenvalue weighted by Gasteiger charge is -2.15. The molecule has 0 bridgehead atoms. The van der Waals surface area contributed by atoms with Crippen molar-refractivity contribution in [1.29, 1.82) is 0 Å². The van der Waals surface area contributed by atoms with Crippen LogP contribution in [0.5, 0.6) is 0 Å². The second kappa shape index (κ2) is 4.94. The van der Waals surface area contributed by atoms with Crippen molar-refractivity contribution in [2.24, 2.45) is 7.05 Å². The van der Waals surface area contributed by atoms with Gasteiger partial charge in [0.05, 0.1) is 5.69 Å². The fourth-order valence-electron chi connectivity index (χ4n) is 2.37. The van der Waals surface area contributed by atoms with E-state index in [2.05, 4.69) is 22.6 Å². The van der Waals surface area contributed by atoms with Gasteiger partial charge in [-0.05, 0) is 33.4 Å². The summed E-state index contributed by atoms with van der Waals surface area (Å²) in [4.78, 5) is 0. The third kappa shape index (κ3) is 2.31. The molecule has 1 unspecified atom stereocenters. The number of likely N-dealkylation sites (N-methyl/N-ethyl adjacent to an activating group) is 1. The molecule has 0 spiro atoms. The molecule has 0 aliphatic carbocycles. The first kappa shape index (κ1) is 12.8. The van der Waals surface area contributed by atoms with Crippen LogP contribution >= 0.6 is 0 Å². The maximum Gasteiger partial charge on any atom is 0.106 e. The van der Waals surface area contributed by atoms with Crippen LogP contribution in [0.2, 0.25) is 0 Å².